The first-order valence-electron chi connectivity index (χ1n) is 5.74. The molecule has 0 heterocycles. The number of halogens is 2. The van der Waals surface area contributed by atoms with Crippen LogP contribution < -0.4 is 5.32 Å². The molecule has 0 saturated carbocycles. The molecule has 1 N–H and O–H groups in total. The first-order valence-corrected chi connectivity index (χ1v) is 5.74. The molecule has 1 nitrogen and oxygen atoms in total. The highest BCUT2D eigenvalue weighted by molar-refractivity contribution is 5.27. The Kier molecular flexibility index (Phi) is 4.82. The van der Waals surface area contributed by atoms with Crippen molar-refractivity contribution in [2.75, 3.05) is 6.54 Å². The summed E-state index contributed by atoms with van der Waals surface area (Å²) in [6, 6.07) is 2.30. The molecule has 1 rings (SSSR count). The van der Waals surface area contributed by atoms with Crippen LogP contribution in [0.3, 0.4) is 0 Å². The highest BCUT2D eigenvalue weighted by Crippen LogP contribution is 2.20. The predicted molar refractivity (Wildman–Crippen MR) is 66.9 cm³/mol. The molecule has 0 radical (unpaired) electrons. The van der Waals surface area contributed by atoms with Gasteiger partial charge in [-0.1, -0.05) is 11.6 Å². The molecule has 1 aromatic rings. The molecule has 0 saturated heterocycles. The summed E-state index contributed by atoms with van der Waals surface area (Å²) in [5, 5.41) is 3.13. The average molecular weight is 239 g/mol. The van der Waals surface area contributed by atoms with E-state index in [4.69, 9.17) is 0 Å². The zero-order chi connectivity index (χ0) is 13.0. The second kappa shape index (κ2) is 5.92. The molecule has 0 aromatic heterocycles. The molecule has 94 valence electrons. The maximum atomic E-state index is 13.6. The van der Waals surface area contributed by atoms with E-state index in [1.807, 2.05) is 26.8 Å². The molecule has 0 bridgehead atoms. The van der Waals surface area contributed by atoms with Gasteiger partial charge in [0, 0.05) is 18.2 Å². The molecule has 0 aliphatic carbocycles. The summed E-state index contributed by atoms with van der Waals surface area (Å²) in [5.74, 6) is -0.724. The Morgan fingerprint density at radius 3 is 2.53 bits per heavy atom. The third-order valence-corrected chi connectivity index (χ3v) is 2.68. The van der Waals surface area contributed by atoms with E-state index < -0.39 is 0 Å². The fraction of sp³-hybridized carbons (Fsp3) is 0.429. The van der Waals surface area contributed by atoms with Crippen molar-refractivity contribution >= 4 is 0 Å². The van der Waals surface area contributed by atoms with Crippen LogP contribution in [-0.4, -0.2) is 6.54 Å². The molecule has 0 amide bonds. The highest BCUT2D eigenvalue weighted by atomic mass is 19.1. The van der Waals surface area contributed by atoms with Crippen molar-refractivity contribution in [2.24, 2.45) is 0 Å². The van der Waals surface area contributed by atoms with E-state index in [-0.39, 0.29) is 17.7 Å². The first-order chi connectivity index (χ1) is 7.91. The summed E-state index contributed by atoms with van der Waals surface area (Å²) >= 11 is 0. The van der Waals surface area contributed by atoms with E-state index in [0.29, 0.717) is 17.7 Å². The van der Waals surface area contributed by atoms with E-state index >= 15 is 0 Å². The van der Waals surface area contributed by atoms with E-state index in [2.05, 4.69) is 5.32 Å². The third kappa shape index (κ3) is 3.93. The number of aryl methyl sites for hydroxylation is 1. The average Bonchev–Trinajstić information content (AvgIpc) is 2.22. The molecular weight excluding hydrogens is 220 g/mol. The Balaban J connectivity index is 2.78. The lowest BCUT2D eigenvalue weighted by molar-refractivity contribution is 0.533. The third-order valence-electron chi connectivity index (χ3n) is 2.68. The van der Waals surface area contributed by atoms with Crippen LogP contribution in [0.5, 0.6) is 0 Å². The Bertz CT molecular complexity index is 420. The van der Waals surface area contributed by atoms with Gasteiger partial charge in [-0.15, -0.1) is 0 Å². The fourth-order valence-electron chi connectivity index (χ4n) is 1.54. The maximum Gasteiger partial charge on any atom is 0.128 e. The van der Waals surface area contributed by atoms with Gasteiger partial charge in [-0.05, 0) is 45.4 Å². The summed E-state index contributed by atoms with van der Waals surface area (Å²) in [7, 11) is 0. The van der Waals surface area contributed by atoms with Crippen LogP contribution in [-0.2, 0) is 0 Å². The second-order valence-electron chi connectivity index (χ2n) is 4.53. The normalized spacial score (nSPS) is 12.4. The van der Waals surface area contributed by atoms with Crippen molar-refractivity contribution in [3.8, 4) is 0 Å². The van der Waals surface area contributed by atoms with Gasteiger partial charge >= 0.3 is 0 Å². The van der Waals surface area contributed by atoms with Crippen LogP contribution >= 0.6 is 0 Å². The number of hydrogen-bond donors (Lipinski definition) is 1. The van der Waals surface area contributed by atoms with Crippen LogP contribution in [0.1, 0.15) is 37.9 Å². The monoisotopic (exact) mass is 239 g/mol. The number of rotatable bonds is 4. The van der Waals surface area contributed by atoms with Crippen LogP contribution in [0.4, 0.5) is 8.78 Å². The highest BCUT2D eigenvalue weighted by Gasteiger charge is 2.12. The lowest BCUT2D eigenvalue weighted by atomic mass is 10.0. The van der Waals surface area contributed by atoms with Crippen LogP contribution in [0.15, 0.2) is 23.8 Å². The predicted octanol–water partition coefficient (Wildman–Crippen LogP) is 3.89. The Morgan fingerprint density at radius 2 is 1.94 bits per heavy atom. The molecule has 17 heavy (non-hydrogen) atoms. The summed E-state index contributed by atoms with van der Waals surface area (Å²) < 4.78 is 27.0. The fourth-order valence-corrected chi connectivity index (χ4v) is 1.54. The molecule has 1 aromatic carbocycles. The minimum Gasteiger partial charge on any atom is -0.307 e. The zero-order valence-electron chi connectivity index (χ0n) is 10.8. The summed E-state index contributed by atoms with van der Waals surface area (Å²) in [4.78, 5) is 0. The Labute approximate surface area is 102 Å². The molecule has 0 fully saturated rings. The number of nitrogens with one attached hydrogen (secondary N) is 1. The minimum atomic E-state index is -0.364. The van der Waals surface area contributed by atoms with Gasteiger partial charge in [-0.25, -0.2) is 8.78 Å². The van der Waals surface area contributed by atoms with Crippen LogP contribution in [0.25, 0.3) is 0 Å². The maximum absolute atomic E-state index is 13.6. The van der Waals surface area contributed by atoms with Gasteiger partial charge in [0.25, 0.3) is 0 Å². The first kappa shape index (κ1) is 13.8. The van der Waals surface area contributed by atoms with Gasteiger partial charge < -0.3 is 5.32 Å². The molecule has 1 unspecified atom stereocenters. The smallest absolute Gasteiger partial charge is 0.128 e. The van der Waals surface area contributed by atoms with Gasteiger partial charge in [-0.3, -0.25) is 0 Å². The molecule has 0 spiro atoms. The van der Waals surface area contributed by atoms with E-state index in [1.54, 1.807) is 6.92 Å². The number of allylic oxidation sites excluding steroid dienone is 1. The second-order valence-corrected chi connectivity index (χ2v) is 4.53. The standard InChI is InChI=1S/C14H19F2N/c1-9(2)5-6-17-11(4)12-8-13(15)10(3)7-14(12)16/h5,7-8,11,17H,6H2,1-4H3. The van der Waals surface area contributed by atoms with Crippen LogP contribution in [0, 0.1) is 18.6 Å². The van der Waals surface area contributed by atoms with Gasteiger partial charge in [0.1, 0.15) is 11.6 Å². The molecule has 0 aliphatic heterocycles. The molecular formula is C14H19F2N. The largest absolute Gasteiger partial charge is 0.307 e. The molecule has 3 heteroatoms. The lowest BCUT2D eigenvalue weighted by Crippen LogP contribution is -2.20. The summed E-state index contributed by atoms with van der Waals surface area (Å²) in [5.41, 5.74) is 1.90. The lowest BCUT2D eigenvalue weighted by Gasteiger charge is -2.14. The van der Waals surface area contributed by atoms with E-state index in [9.17, 15) is 8.78 Å². The van der Waals surface area contributed by atoms with E-state index in [1.165, 1.54) is 17.7 Å². The number of hydrogen-bond acceptors (Lipinski definition) is 1. The molecule has 0 aliphatic rings. The van der Waals surface area contributed by atoms with Crippen molar-refractivity contribution in [3.63, 3.8) is 0 Å². The Morgan fingerprint density at radius 1 is 1.29 bits per heavy atom. The zero-order valence-corrected chi connectivity index (χ0v) is 10.8. The van der Waals surface area contributed by atoms with Gasteiger partial charge in [-0.2, -0.15) is 0 Å². The van der Waals surface area contributed by atoms with Crippen molar-refractivity contribution in [3.05, 3.63) is 46.5 Å². The van der Waals surface area contributed by atoms with E-state index in [0.717, 1.165) is 0 Å². The molecule has 1 atom stereocenters. The SMILES string of the molecule is CC(C)=CCNC(C)c1cc(F)c(C)cc1F. The van der Waals surface area contributed by atoms with Crippen molar-refractivity contribution < 1.29 is 8.78 Å². The van der Waals surface area contributed by atoms with Crippen molar-refractivity contribution in [1.82, 2.24) is 5.32 Å². The quantitative estimate of drug-likeness (QED) is 0.786. The van der Waals surface area contributed by atoms with Gasteiger partial charge in [0.15, 0.2) is 0 Å². The Hall–Kier alpha value is -1.22. The van der Waals surface area contributed by atoms with Crippen LogP contribution in [0.2, 0.25) is 0 Å². The summed E-state index contributed by atoms with van der Waals surface area (Å²) in [6.45, 7) is 8.03. The number of benzene rings is 1. The topological polar surface area (TPSA) is 12.0 Å². The summed E-state index contributed by atoms with van der Waals surface area (Å²) in [6.07, 6.45) is 2.01. The minimum absolute atomic E-state index is 0.208. The van der Waals surface area contributed by atoms with Gasteiger partial charge in [0.05, 0.1) is 0 Å². The van der Waals surface area contributed by atoms with Crippen molar-refractivity contribution in [1.29, 1.82) is 0 Å². The van der Waals surface area contributed by atoms with Gasteiger partial charge in [0.2, 0.25) is 0 Å². The van der Waals surface area contributed by atoms with Crippen molar-refractivity contribution in [2.45, 2.75) is 33.7 Å².